The number of rotatable bonds is 4. The minimum atomic E-state index is 0.744. The average Bonchev–Trinajstić information content (AvgIpc) is 2.38. The van der Waals surface area contributed by atoms with Gasteiger partial charge >= 0.3 is 0 Å². The molecule has 0 heterocycles. The van der Waals surface area contributed by atoms with Crippen LogP contribution in [0, 0.1) is 0 Å². The Morgan fingerprint density at radius 3 is 2.18 bits per heavy atom. The molecule has 3 heteroatoms. The van der Waals surface area contributed by atoms with Crippen molar-refractivity contribution in [3.05, 3.63) is 48.7 Å². The largest absolute Gasteiger partial charge is 0.399 e. The molecule has 2 N–H and O–H groups in total. The van der Waals surface area contributed by atoms with E-state index in [9.17, 15) is 4.79 Å². The van der Waals surface area contributed by atoms with Crippen molar-refractivity contribution in [1.29, 1.82) is 0 Å². The molecule has 0 atom stereocenters. The average molecular weight is 232 g/mol. The van der Waals surface area contributed by atoms with Crippen molar-refractivity contribution in [2.45, 2.75) is 13.8 Å². The van der Waals surface area contributed by atoms with Crippen molar-refractivity contribution in [3.63, 3.8) is 0 Å². The molecule has 0 aliphatic heterocycles. The molecule has 0 bridgehead atoms. The Morgan fingerprint density at radius 1 is 1.06 bits per heavy atom. The Kier molecular flexibility index (Phi) is 8.11. The Hall–Kier alpha value is -2.03. The molecule has 0 aliphatic rings. The molecular formula is C14H20N2O. The van der Waals surface area contributed by atoms with Crippen molar-refractivity contribution >= 4 is 17.7 Å². The zero-order valence-corrected chi connectivity index (χ0v) is 10.6. The number of benzene rings is 1. The van der Waals surface area contributed by atoms with Gasteiger partial charge in [-0.3, -0.25) is 4.79 Å². The predicted molar refractivity (Wildman–Crippen MR) is 74.9 cm³/mol. The Labute approximate surface area is 103 Å². The first-order chi connectivity index (χ1) is 8.24. The molecule has 0 spiro atoms. The van der Waals surface area contributed by atoms with Crippen LogP contribution in [0.15, 0.2) is 48.7 Å². The van der Waals surface area contributed by atoms with E-state index in [2.05, 4.69) is 0 Å². The summed E-state index contributed by atoms with van der Waals surface area (Å²) in [5.74, 6) is 0. The summed E-state index contributed by atoms with van der Waals surface area (Å²) in [5, 5.41) is 0. The molecule has 1 aromatic carbocycles. The lowest BCUT2D eigenvalue weighted by molar-refractivity contribution is -0.104. The van der Waals surface area contributed by atoms with E-state index >= 15 is 0 Å². The van der Waals surface area contributed by atoms with E-state index in [0.29, 0.717) is 0 Å². The quantitative estimate of drug-likeness (QED) is 0.376. The third-order valence-electron chi connectivity index (χ3n) is 1.91. The number of hydrogen-bond donors (Lipinski definition) is 1. The van der Waals surface area contributed by atoms with Crippen molar-refractivity contribution in [2.24, 2.45) is 0 Å². The minimum absolute atomic E-state index is 0.744. The predicted octanol–water partition coefficient (Wildman–Crippen LogP) is 3.00. The first-order valence-electron chi connectivity index (χ1n) is 5.61. The molecule has 92 valence electrons. The summed E-state index contributed by atoms with van der Waals surface area (Å²) in [6.07, 6.45) is 7.53. The first kappa shape index (κ1) is 15.0. The summed E-state index contributed by atoms with van der Waals surface area (Å²) in [4.78, 5) is 11.9. The maximum atomic E-state index is 10.0. The molecule has 0 radical (unpaired) electrons. The zero-order chi connectivity index (χ0) is 13.1. The van der Waals surface area contributed by atoms with Crippen LogP contribution >= 0.6 is 0 Å². The van der Waals surface area contributed by atoms with Crippen LogP contribution in [0.1, 0.15) is 13.8 Å². The van der Waals surface area contributed by atoms with Crippen LogP contribution in [0.5, 0.6) is 0 Å². The summed E-state index contributed by atoms with van der Waals surface area (Å²) in [5.41, 5.74) is 7.37. The normalized spacial score (nSPS) is 10.1. The number of nitrogens with two attached hydrogens (primary N) is 1. The number of carbonyl (C=O) groups is 1. The van der Waals surface area contributed by atoms with E-state index in [-0.39, 0.29) is 0 Å². The fraction of sp³-hybridized carbons (Fsp3) is 0.214. The third-order valence-corrected chi connectivity index (χ3v) is 1.91. The number of allylic oxidation sites excluding steroid dienone is 3. The van der Waals surface area contributed by atoms with Gasteiger partial charge in [0.05, 0.1) is 0 Å². The number of nitrogen functional groups attached to an aromatic ring is 1. The monoisotopic (exact) mass is 232 g/mol. The molecule has 0 saturated heterocycles. The van der Waals surface area contributed by atoms with Gasteiger partial charge in [-0.15, -0.1) is 0 Å². The summed E-state index contributed by atoms with van der Waals surface area (Å²) < 4.78 is 0. The van der Waals surface area contributed by atoms with Gasteiger partial charge in [0.1, 0.15) is 6.29 Å². The highest BCUT2D eigenvalue weighted by Crippen LogP contribution is 2.14. The molecule has 17 heavy (non-hydrogen) atoms. The van der Waals surface area contributed by atoms with E-state index in [1.54, 1.807) is 12.2 Å². The van der Waals surface area contributed by atoms with E-state index in [1.807, 2.05) is 56.3 Å². The van der Waals surface area contributed by atoms with Gasteiger partial charge < -0.3 is 10.6 Å². The molecule has 0 saturated carbocycles. The van der Waals surface area contributed by atoms with Gasteiger partial charge in [0, 0.05) is 24.6 Å². The Balaban J connectivity index is 0.00000121. The number of carbonyl (C=O) groups excluding carboxylic acids is 1. The smallest absolute Gasteiger partial charge is 0.142 e. The minimum Gasteiger partial charge on any atom is -0.399 e. The molecule has 0 unspecified atom stereocenters. The van der Waals surface area contributed by atoms with E-state index in [1.165, 1.54) is 6.08 Å². The highest BCUT2D eigenvalue weighted by molar-refractivity contribution is 5.65. The van der Waals surface area contributed by atoms with Gasteiger partial charge in [-0.1, -0.05) is 19.9 Å². The maximum absolute atomic E-state index is 10.0. The fourth-order valence-corrected chi connectivity index (χ4v) is 1.08. The lowest BCUT2D eigenvalue weighted by Crippen LogP contribution is -2.07. The maximum Gasteiger partial charge on any atom is 0.142 e. The number of nitrogens with zero attached hydrogens (tertiary/aromatic N) is 1. The summed E-state index contributed by atoms with van der Waals surface area (Å²) in [7, 11) is 1.93. The van der Waals surface area contributed by atoms with Crippen molar-refractivity contribution in [3.8, 4) is 0 Å². The zero-order valence-electron chi connectivity index (χ0n) is 10.6. The van der Waals surface area contributed by atoms with Gasteiger partial charge in [-0.2, -0.15) is 0 Å². The van der Waals surface area contributed by atoms with Crippen LogP contribution in [0.4, 0.5) is 11.4 Å². The van der Waals surface area contributed by atoms with Gasteiger partial charge in [0.2, 0.25) is 0 Å². The van der Waals surface area contributed by atoms with Crippen LogP contribution in [0.2, 0.25) is 0 Å². The highest BCUT2D eigenvalue weighted by Gasteiger charge is 1.94. The standard InChI is InChI=1S/C12H14N2O.C2H6/c1-14(9-3-2-4-10-15)12-7-5-11(13)6-8-12;1-2/h2-10H,13H2,1H3;1-2H3/b4-2-,9-3-;. The van der Waals surface area contributed by atoms with Crippen molar-refractivity contribution in [2.75, 3.05) is 17.7 Å². The molecule has 0 fully saturated rings. The molecule has 0 aliphatic carbocycles. The van der Waals surface area contributed by atoms with E-state index < -0.39 is 0 Å². The van der Waals surface area contributed by atoms with Crippen LogP contribution in [0.25, 0.3) is 0 Å². The van der Waals surface area contributed by atoms with Crippen LogP contribution in [-0.2, 0) is 4.79 Å². The van der Waals surface area contributed by atoms with Crippen LogP contribution in [-0.4, -0.2) is 13.3 Å². The topological polar surface area (TPSA) is 46.3 Å². The Morgan fingerprint density at radius 2 is 1.65 bits per heavy atom. The lowest BCUT2D eigenvalue weighted by atomic mass is 10.3. The summed E-state index contributed by atoms with van der Waals surface area (Å²) >= 11 is 0. The summed E-state index contributed by atoms with van der Waals surface area (Å²) in [6, 6.07) is 7.56. The van der Waals surface area contributed by atoms with E-state index in [4.69, 9.17) is 5.73 Å². The van der Waals surface area contributed by atoms with Crippen molar-refractivity contribution < 1.29 is 4.79 Å². The molecule has 3 nitrogen and oxygen atoms in total. The second-order valence-corrected chi connectivity index (χ2v) is 3.06. The van der Waals surface area contributed by atoms with Crippen molar-refractivity contribution in [1.82, 2.24) is 0 Å². The molecule has 1 rings (SSSR count). The number of hydrogen-bond acceptors (Lipinski definition) is 3. The SMILES string of the molecule is CC.CN(/C=C\C=C/C=O)c1ccc(N)cc1. The lowest BCUT2D eigenvalue weighted by Gasteiger charge is -2.13. The van der Waals surface area contributed by atoms with Crippen LogP contribution in [0.3, 0.4) is 0 Å². The molecule has 0 amide bonds. The second-order valence-electron chi connectivity index (χ2n) is 3.06. The number of aldehydes is 1. The van der Waals surface area contributed by atoms with Crippen LogP contribution < -0.4 is 10.6 Å². The summed E-state index contributed by atoms with van der Waals surface area (Å²) in [6.45, 7) is 4.00. The molecular weight excluding hydrogens is 212 g/mol. The van der Waals surface area contributed by atoms with Gasteiger partial charge in [0.25, 0.3) is 0 Å². The van der Waals surface area contributed by atoms with Gasteiger partial charge in [-0.05, 0) is 36.4 Å². The first-order valence-corrected chi connectivity index (χ1v) is 5.61. The third kappa shape index (κ3) is 6.20. The number of anilines is 2. The van der Waals surface area contributed by atoms with Gasteiger partial charge in [0.15, 0.2) is 0 Å². The Bertz CT molecular complexity index is 366. The molecule has 0 aromatic heterocycles. The fourth-order valence-electron chi connectivity index (χ4n) is 1.08. The molecule has 1 aromatic rings. The highest BCUT2D eigenvalue weighted by atomic mass is 16.1. The second kappa shape index (κ2) is 9.21. The van der Waals surface area contributed by atoms with Gasteiger partial charge in [-0.25, -0.2) is 0 Å². The van der Waals surface area contributed by atoms with E-state index in [0.717, 1.165) is 17.7 Å².